The summed E-state index contributed by atoms with van der Waals surface area (Å²) in [4.78, 5) is 26.6. The van der Waals surface area contributed by atoms with Crippen LogP contribution in [0.2, 0.25) is 0 Å². The molecule has 44 heavy (non-hydrogen) atoms. The minimum Gasteiger partial charge on any atom is -0.482 e. The van der Waals surface area contributed by atoms with Crippen LogP contribution in [0.3, 0.4) is 0 Å². The monoisotopic (exact) mass is 611 g/mol. The van der Waals surface area contributed by atoms with Crippen LogP contribution >= 0.6 is 0 Å². The van der Waals surface area contributed by atoms with Crippen molar-refractivity contribution in [1.82, 2.24) is 10.2 Å². The number of hydrogen-bond acceptors (Lipinski definition) is 7. The Hall–Kier alpha value is -2.40. The van der Waals surface area contributed by atoms with Gasteiger partial charge in [-0.2, -0.15) is 0 Å². The number of amides is 2. The van der Waals surface area contributed by atoms with Crippen LogP contribution in [-0.2, 0) is 21.4 Å². The van der Waals surface area contributed by atoms with E-state index in [1.165, 1.54) is 35.4 Å². The number of benzene rings is 1. The van der Waals surface area contributed by atoms with Gasteiger partial charge in [-0.25, -0.2) is 4.79 Å². The van der Waals surface area contributed by atoms with Gasteiger partial charge in [-0.15, -0.1) is 0 Å². The molecular weight excluding hydrogens is 560 g/mol. The third kappa shape index (κ3) is 3.99. The lowest BCUT2D eigenvalue weighted by Crippen LogP contribution is -2.84. The molecule has 2 heterocycles. The van der Waals surface area contributed by atoms with Crippen molar-refractivity contribution in [3.8, 4) is 11.5 Å². The predicted molar refractivity (Wildman–Crippen MR) is 164 cm³/mol. The van der Waals surface area contributed by atoms with Crippen LogP contribution < -0.4 is 20.5 Å². The number of hydrogen-bond donors (Lipinski definition) is 3. The second kappa shape index (κ2) is 9.80. The van der Waals surface area contributed by atoms with Crippen molar-refractivity contribution in [3.05, 3.63) is 23.3 Å². The van der Waals surface area contributed by atoms with Crippen molar-refractivity contribution in [3.63, 3.8) is 0 Å². The molecule has 242 valence electrons. The Morgan fingerprint density at radius 3 is 2.68 bits per heavy atom. The topological polar surface area (TPSA) is 123 Å². The Kier molecular flexibility index (Phi) is 6.74. The van der Waals surface area contributed by atoms with E-state index in [1.54, 1.807) is 21.1 Å². The standard InChI is InChI=1S/C34H50N4O6/c1-20(35)28(39)36-14-15-37(4)30(40)43-23-10-9-22-17-25-32-11-12-34(42-6,24(18-32)31(2,3)41)29-33(32,26(22)27(23)44-29)13-16-38(25,5)19-21-7-8-21/h9-10,20-21,24-25,29,41H,7-8,11-19,35H2,1-6H3/p+1/t20-,24+,25-,29+,32+,33-,34+,38?/m0/s1. The molecule has 10 nitrogen and oxygen atoms in total. The number of piperidine rings is 1. The molecule has 8 rings (SSSR count). The van der Waals surface area contributed by atoms with E-state index in [2.05, 4.69) is 18.4 Å². The number of nitrogens with two attached hydrogens (primary N) is 1. The van der Waals surface area contributed by atoms with Crippen molar-refractivity contribution in [1.29, 1.82) is 0 Å². The Labute approximate surface area is 261 Å². The molecule has 1 aromatic rings. The Balaban J connectivity index is 1.28. The average Bonchev–Trinajstić information content (AvgIpc) is 3.70. The molecule has 4 saturated carbocycles. The Morgan fingerprint density at radius 2 is 2.02 bits per heavy atom. The lowest BCUT2D eigenvalue weighted by molar-refractivity contribution is -0.952. The van der Waals surface area contributed by atoms with Crippen LogP contribution in [0.15, 0.2) is 12.1 Å². The highest BCUT2D eigenvalue weighted by atomic mass is 16.6. The highest BCUT2D eigenvalue weighted by Crippen LogP contribution is 2.78. The molecule has 8 atom stereocenters. The molecule has 2 aliphatic heterocycles. The molecular formula is C34H51N4O6+. The van der Waals surface area contributed by atoms with E-state index in [4.69, 9.17) is 19.9 Å². The molecule has 5 fully saturated rings. The maximum Gasteiger partial charge on any atom is 0.415 e. The van der Waals surface area contributed by atoms with Gasteiger partial charge in [0.15, 0.2) is 11.5 Å². The summed E-state index contributed by atoms with van der Waals surface area (Å²) in [5, 5.41) is 14.4. The Morgan fingerprint density at radius 1 is 1.27 bits per heavy atom. The minimum atomic E-state index is -0.938. The highest BCUT2D eigenvalue weighted by Gasteiger charge is 2.84. The number of ether oxygens (including phenoxy) is 3. The van der Waals surface area contributed by atoms with Crippen LogP contribution in [0, 0.1) is 17.3 Å². The molecule has 4 bridgehead atoms. The summed E-state index contributed by atoms with van der Waals surface area (Å²) in [6.07, 6.45) is 6.67. The second-order valence-electron chi connectivity index (χ2n) is 15.8. The van der Waals surface area contributed by atoms with Gasteiger partial charge in [0.2, 0.25) is 5.91 Å². The zero-order valence-corrected chi connectivity index (χ0v) is 27.3. The maximum absolute atomic E-state index is 13.3. The summed E-state index contributed by atoms with van der Waals surface area (Å²) < 4.78 is 20.8. The van der Waals surface area contributed by atoms with Gasteiger partial charge in [0.25, 0.3) is 0 Å². The average molecular weight is 612 g/mol. The molecule has 10 heteroatoms. The van der Waals surface area contributed by atoms with E-state index >= 15 is 0 Å². The third-order valence-electron chi connectivity index (χ3n) is 12.9. The third-order valence-corrected chi connectivity index (χ3v) is 12.9. The number of likely N-dealkylation sites (N-methyl/N-ethyl adjacent to an activating group) is 2. The molecule has 0 aromatic heterocycles. The van der Waals surface area contributed by atoms with Gasteiger partial charge in [-0.3, -0.25) is 4.79 Å². The number of carbonyl (C=O) groups is 2. The number of nitrogens with zero attached hydrogens (tertiary/aromatic N) is 2. The highest BCUT2D eigenvalue weighted by molar-refractivity contribution is 5.81. The lowest BCUT2D eigenvalue weighted by Gasteiger charge is -2.75. The number of fused-ring (bicyclic) bond motifs is 2. The number of nitrogens with one attached hydrogen (secondary N) is 1. The molecule has 0 radical (unpaired) electrons. The van der Waals surface area contributed by atoms with E-state index in [0.717, 1.165) is 49.0 Å². The van der Waals surface area contributed by atoms with Crippen LogP contribution in [0.4, 0.5) is 4.79 Å². The van der Waals surface area contributed by atoms with Gasteiger partial charge in [-0.05, 0) is 64.5 Å². The summed E-state index contributed by atoms with van der Waals surface area (Å²) in [5.41, 5.74) is 6.29. The zero-order valence-electron chi connectivity index (χ0n) is 27.3. The fourth-order valence-corrected chi connectivity index (χ4v) is 10.8. The Bertz CT molecular complexity index is 1370. The van der Waals surface area contributed by atoms with Gasteiger partial charge < -0.3 is 39.8 Å². The molecule has 1 saturated heterocycles. The van der Waals surface area contributed by atoms with Crippen molar-refractivity contribution >= 4 is 12.0 Å². The first-order valence-electron chi connectivity index (χ1n) is 16.6. The van der Waals surface area contributed by atoms with E-state index in [1.807, 2.05) is 19.9 Å². The number of quaternary nitrogens is 1. The quantitative estimate of drug-likeness (QED) is 0.367. The van der Waals surface area contributed by atoms with Gasteiger partial charge in [0.1, 0.15) is 11.7 Å². The van der Waals surface area contributed by atoms with Crippen molar-refractivity contribution in [2.45, 2.75) is 101 Å². The SMILES string of the molecule is CO[C@]12CC[C@@]3(C[C@@H]1C(C)(C)O)[C@@H]1Cc4ccc(OC(=O)N(C)CCNC(=O)[C@H](C)N)c5c4[C@@]3(CC[N+]1(C)CC1CC1)[C@H]2O5. The van der Waals surface area contributed by atoms with Gasteiger partial charge >= 0.3 is 6.09 Å². The minimum absolute atomic E-state index is 0.0412. The fraction of sp³-hybridized carbons (Fsp3) is 0.765. The van der Waals surface area contributed by atoms with Gasteiger partial charge in [0.05, 0.1) is 43.2 Å². The first kappa shape index (κ1) is 30.3. The second-order valence-corrected chi connectivity index (χ2v) is 15.8. The zero-order chi connectivity index (χ0) is 31.4. The first-order valence-corrected chi connectivity index (χ1v) is 16.6. The normalized spacial score (nSPS) is 38.4. The largest absolute Gasteiger partial charge is 0.482 e. The first-order chi connectivity index (χ1) is 20.7. The van der Waals surface area contributed by atoms with E-state index in [0.29, 0.717) is 17.5 Å². The van der Waals surface area contributed by atoms with Crippen LogP contribution in [-0.4, -0.2) is 103 Å². The van der Waals surface area contributed by atoms with Crippen LogP contribution in [0.5, 0.6) is 11.5 Å². The van der Waals surface area contributed by atoms with Crippen molar-refractivity contribution < 1.29 is 33.4 Å². The van der Waals surface area contributed by atoms with Gasteiger partial charge in [-0.1, -0.05) is 6.07 Å². The summed E-state index contributed by atoms with van der Waals surface area (Å²) >= 11 is 0. The predicted octanol–water partition coefficient (Wildman–Crippen LogP) is 2.72. The number of carbonyl (C=O) groups excluding carboxylic acids is 2. The van der Waals surface area contributed by atoms with Crippen molar-refractivity contribution in [2.75, 3.05) is 47.4 Å². The summed E-state index contributed by atoms with van der Waals surface area (Å²) in [7, 11) is 5.94. The number of methoxy groups -OCH3 is 1. The summed E-state index contributed by atoms with van der Waals surface area (Å²) in [6.45, 7) is 8.38. The van der Waals surface area contributed by atoms with Gasteiger partial charge in [0, 0.05) is 62.9 Å². The summed E-state index contributed by atoms with van der Waals surface area (Å²) in [5.74, 6) is 1.59. The van der Waals surface area contributed by atoms with Crippen molar-refractivity contribution in [2.24, 2.45) is 23.0 Å². The number of aliphatic hydroxyl groups is 1. The molecule has 1 aromatic carbocycles. The maximum atomic E-state index is 13.3. The summed E-state index contributed by atoms with van der Waals surface area (Å²) in [6, 6.07) is 3.90. The fourth-order valence-electron chi connectivity index (χ4n) is 10.8. The molecule has 2 amide bonds. The lowest BCUT2D eigenvalue weighted by atomic mass is 9.33. The molecule has 5 aliphatic carbocycles. The molecule has 7 aliphatic rings. The molecule has 4 N–H and O–H groups in total. The van der Waals surface area contributed by atoms with Crippen LogP contribution in [0.25, 0.3) is 0 Å². The van der Waals surface area contributed by atoms with E-state index in [-0.39, 0.29) is 41.8 Å². The molecule has 1 unspecified atom stereocenters. The van der Waals surface area contributed by atoms with E-state index in [9.17, 15) is 14.7 Å². The van der Waals surface area contributed by atoms with Crippen LogP contribution in [0.1, 0.15) is 70.4 Å². The number of rotatable bonds is 9. The smallest absolute Gasteiger partial charge is 0.415 e. The molecule has 2 spiro atoms. The number of likely N-dealkylation sites (tertiary alicyclic amines) is 1. The van der Waals surface area contributed by atoms with E-state index < -0.39 is 23.3 Å².